The largest absolute Gasteiger partial charge is 0.381 e. The van der Waals surface area contributed by atoms with E-state index >= 15 is 0 Å². The summed E-state index contributed by atoms with van der Waals surface area (Å²) in [4.78, 5) is 14.9. The number of aromatic nitrogens is 3. The second kappa shape index (κ2) is 8.07. The van der Waals surface area contributed by atoms with Gasteiger partial charge in [0.05, 0.1) is 0 Å². The van der Waals surface area contributed by atoms with Crippen LogP contribution in [0.4, 0.5) is 0 Å². The van der Waals surface area contributed by atoms with Crippen molar-refractivity contribution in [3.63, 3.8) is 0 Å². The maximum absolute atomic E-state index is 12.3. The van der Waals surface area contributed by atoms with Gasteiger partial charge in [-0.3, -0.25) is 9.69 Å². The van der Waals surface area contributed by atoms with Crippen molar-refractivity contribution in [1.82, 2.24) is 25.0 Å². The molecule has 0 aromatic carbocycles. The SMILES string of the molecule is CC(C)[C@H]1CN(C2CCOCC2)C[C@@H]1NC(=O)CCn1cnnc1. The topological polar surface area (TPSA) is 72.3 Å². The Bertz CT molecular complexity index is 513. The zero-order valence-electron chi connectivity index (χ0n) is 14.7. The molecule has 2 fully saturated rings. The van der Waals surface area contributed by atoms with Crippen LogP contribution >= 0.6 is 0 Å². The number of amides is 1. The van der Waals surface area contributed by atoms with Crippen LogP contribution in [-0.4, -0.2) is 64.0 Å². The molecule has 1 N–H and O–H groups in total. The fraction of sp³-hybridized carbons (Fsp3) is 0.824. The van der Waals surface area contributed by atoms with E-state index < -0.39 is 0 Å². The molecule has 0 radical (unpaired) electrons. The normalized spacial score (nSPS) is 26.1. The molecular formula is C17H29N5O2. The summed E-state index contributed by atoms with van der Waals surface area (Å²) in [5.41, 5.74) is 0. The van der Waals surface area contributed by atoms with Crippen molar-refractivity contribution in [2.75, 3.05) is 26.3 Å². The number of hydrogen-bond donors (Lipinski definition) is 1. The molecule has 0 saturated carbocycles. The highest BCUT2D eigenvalue weighted by atomic mass is 16.5. The van der Waals surface area contributed by atoms with E-state index in [4.69, 9.17) is 4.74 Å². The predicted molar refractivity (Wildman–Crippen MR) is 90.3 cm³/mol. The van der Waals surface area contributed by atoms with Crippen LogP contribution in [0, 0.1) is 11.8 Å². The van der Waals surface area contributed by atoms with Crippen LogP contribution in [0.15, 0.2) is 12.7 Å². The summed E-state index contributed by atoms with van der Waals surface area (Å²) in [6.07, 6.45) is 5.98. The fourth-order valence-electron chi connectivity index (χ4n) is 3.88. The van der Waals surface area contributed by atoms with Crippen LogP contribution in [0.1, 0.15) is 33.1 Å². The third kappa shape index (κ3) is 4.33. The molecule has 1 aromatic heterocycles. The number of aryl methyl sites for hydroxylation is 1. The molecule has 2 aliphatic rings. The van der Waals surface area contributed by atoms with Crippen molar-refractivity contribution >= 4 is 5.91 Å². The van der Waals surface area contributed by atoms with E-state index in [1.165, 1.54) is 0 Å². The first-order valence-electron chi connectivity index (χ1n) is 9.07. The average molecular weight is 335 g/mol. The third-order valence-corrected chi connectivity index (χ3v) is 5.37. The zero-order chi connectivity index (χ0) is 16.9. The van der Waals surface area contributed by atoms with Gasteiger partial charge in [-0.1, -0.05) is 13.8 Å². The minimum Gasteiger partial charge on any atom is -0.381 e. The minimum atomic E-state index is 0.119. The van der Waals surface area contributed by atoms with Crippen LogP contribution < -0.4 is 5.32 Å². The summed E-state index contributed by atoms with van der Waals surface area (Å²) in [6, 6.07) is 0.861. The Morgan fingerprint density at radius 2 is 1.96 bits per heavy atom. The van der Waals surface area contributed by atoms with Gasteiger partial charge in [0.2, 0.25) is 5.91 Å². The van der Waals surface area contributed by atoms with Gasteiger partial charge in [-0.2, -0.15) is 0 Å². The Balaban J connectivity index is 1.52. The molecule has 0 spiro atoms. The van der Waals surface area contributed by atoms with Crippen LogP contribution in [0.5, 0.6) is 0 Å². The molecular weight excluding hydrogens is 306 g/mol. The molecule has 2 atom stereocenters. The Morgan fingerprint density at radius 3 is 2.62 bits per heavy atom. The number of nitrogens with zero attached hydrogens (tertiary/aromatic N) is 4. The Hall–Kier alpha value is -1.47. The molecule has 1 amide bonds. The molecule has 2 saturated heterocycles. The zero-order valence-corrected chi connectivity index (χ0v) is 14.7. The van der Waals surface area contributed by atoms with Crippen LogP contribution in [0.25, 0.3) is 0 Å². The Morgan fingerprint density at radius 1 is 1.25 bits per heavy atom. The van der Waals surface area contributed by atoms with Gasteiger partial charge >= 0.3 is 0 Å². The first-order valence-corrected chi connectivity index (χ1v) is 9.07. The van der Waals surface area contributed by atoms with Crippen molar-refractivity contribution in [2.24, 2.45) is 11.8 Å². The summed E-state index contributed by atoms with van der Waals surface area (Å²) in [5.74, 6) is 1.21. The van der Waals surface area contributed by atoms with Gasteiger partial charge in [-0.05, 0) is 24.7 Å². The second-order valence-corrected chi connectivity index (χ2v) is 7.33. The van der Waals surface area contributed by atoms with E-state index in [0.29, 0.717) is 30.8 Å². The monoisotopic (exact) mass is 335 g/mol. The lowest BCUT2D eigenvalue weighted by molar-refractivity contribution is -0.122. The van der Waals surface area contributed by atoms with E-state index in [1.807, 2.05) is 4.57 Å². The lowest BCUT2D eigenvalue weighted by Crippen LogP contribution is -2.43. The first-order chi connectivity index (χ1) is 11.6. The summed E-state index contributed by atoms with van der Waals surface area (Å²) >= 11 is 0. The molecule has 3 rings (SSSR count). The van der Waals surface area contributed by atoms with E-state index in [2.05, 4.69) is 34.3 Å². The van der Waals surface area contributed by atoms with Gasteiger partial charge in [0, 0.05) is 51.4 Å². The first kappa shape index (κ1) is 17.4. The number of likely N-dealkylation sites (tertiary alicyclic amines) is 1. The third-order valence-electron chi connectivity index (χ3n) is 5.37. The molecule has 1 aromatic rings. The summed E-state index contributed by atoms with van der Waals surface area (Å²) in [7, 11) is 0. The highest BCUT2D eigenvalue weighted by Gasteiger charge is 2.38. The number of ether oxygens (including phenoxy) is 1. The van der Waals surface area contributed by atoms with E-state index in [-0.39, 0.29) is 11.9 Å². The summed E-state index contributed by atoms with van der Waals surface area (Å²) < 4.78 is 7.32. The van der Waals surface area contributed by atoms with E-state index in [9.17, 15) is 4.79 Å². The number of rotatable bonds is 6. The van der Waals surface area contributed by atoms with Crippen molar-refractivity contribution < 1.29 is 9.53 Å². The van der Waals surface area contributed by atoms with Gasteiger partial charge in [-0.15, -0.1) is 10.2 Å². The number of carbonyl (C=O) groups excluding carboxylic acids is 1. The Labute approximate surface area is 143 Å². The number of carbonyl (C=O) groups is 1. The lowest BCUT2D eigenvalue weighted by atomic mass is 9.91. The highest BCUT2D eigenvalue weighted by Crippen LogP contribution is 2.28. The number of hydrogen-bond acceptors (Lipinski definition) is 5. The van der Waals surface area contributed by atoms with Crippen molar-refractivity contribution in [3.8, 4) is 0 Å². The average Bonchev–Trinajstić information content (AvgIpc) is 3.23. The predicted octanol–water partition coefficient (Wildman–Crippen LogP) is 0.920. The van der Waals surface area contributed by atoms with Gasteiger partial charge in [0.1, 0.15) is 12.7 Å². The van der Waals surface area contributed by atoms with Gasteiger partial charge < -0.3 is 14.6 Å². The molecule has 7 heteroatoms. The Kier molecular flexibility index (Phi) is 5.84. The maximum Gasteiger partial charge on any atom is 0.222 e. The minimum absolute atomic E-state index is 0.119. The molecule has 2 aliphatic heterocycles. The van der Waals surface area contributed by atoms with Crippen LogP contribution in [0.3, 0.4) is 0 Å². The lowest BCUT2D eigenvalue weighted by Gasteiger charge is -2.31. The van der Waals surface area contributed by atoms with Crippen molar-refractivity contribution in [3.05, 3.63) is 12.7 Å². The highest BCUT2D eigenvalue weighted by molar-refractivity contribution is 5.76. The second-order valence-electron chi connectivity index (χ2n) is 7.33. The van der Waals surface area contributed by atoms with E-state index in [1.54, 1.807) is 12.7 Å². The molecule has 24 heavy (non-hydrogen) atoms. The van der Waals surface area contributed by atoms with Crippen molar-refractivity contribution in [2.45, 2.75) is 51.7 Å². The van der Waals surface area contributed by atoms with Gasteiger partial charge in [0.15, 0.2) is 0 Å². The number of nitrogens with one attached hydrogen (secondary N) is 1. The van der Waals surface area contributed by atoms with Crippen LogP contribution in [-0.2, 0) is 16.1 Å². The standard InChI is InChI=1S/C17H29N5O2/c1-13(2)15-9-22(14-4-7-24-8-5-14)10-16(15)20-17(23)3-6-21-11-18-19-12-21/h11-16H,3-10H2,1-2H3,(H,20,23)/t15-,16+/m1/s1. The van der Waals surface area contributed by atoms with Crippen molar-refractivity contribution in [1.29, 1.82) is 0 Å². The van der Waals surface area contributed by atoms with Gasteiger partial charge in [-0.25, -0.2) is 0 Å². The quantitative estimate of drug-likeness (QED) is 0.837. The summed E-state index contributed by atoms with van der Waals surface area (Å²) in [6.45, 7) is 8.92. The summed E-state index contributed by atoms with van der Waals surface area (Å²) in [5, 5.41) is 10.8. The molecule has 0 unspecified atom stereocenters. The molecule has 7 nitrogen and oxygen atoms in total. The molecule has 0 aliphatic carbocycles. The van der Waals surface area contributed by atoms with Crippen LogP contribution in [0.2, 0.25) is 0 Å². The smallest absolute Gasteiger partial charge is 0.222 e. The van der Waals surface area contributed by atoms with Gasteiger partial charge in [0.25, 0.3) is 0 Å². The fourth-order valence-corrected chi connectivity index (χ4v) is 3.88. The maximum atomic E-state index is 12.3. The molecule has 134 valence electrons. The molecule has 3 heterocycles. The molecule has 0 bridgehead atoms. The van der Waals surface area contributed by atoms with E-state index in [0.717, 1.165) is 39.1 Å².